The summed E-state index contributed by atoms with van der Waals surface area (Å²) in [7, 11) is 1.58. The van der Waals surface area contributed by atoms with Crippen LogP contribution < -0.4 is 14.8 Å². The highest BCUT2D eigenvalue weighted by Crippen LogP contribution is 2.27. The second-order valence-electron chi connectivity index (χ2n) is 4.71. The van der Waals surface area contributed by atoms with Gasteiger partial charge < -0.3 is 19.4 Å². The van der Waals surface area contributed by atoms with Crippen molar-refractivity contribution in [2.75, 3.05) is 20.3 Å². The molecule has 6 nitrogen and oxygen atoms in total. The second kappa shape index (κ2) is 8.07. The van der Waals surface area contributed by atoms with E-state index in [4.69, 9.17) is 9.47 Å². The first-order valence-electron chi connectivity index (χ1n) is 7.29. The first-order chi connectivity index (χ1) is 10.7. The number of imidazole rings is 1. The fraction of sp³-hybridized carbons (Fsp3) is 0.375. The van der Waals surface area contributed by atoms with E-state index in [-0.39, 0.29) is 5.91 Å². The average Bonchev–Trinajstić information content (AvgIpc) is 3.05. The molecule has 0 atom stereocenters. The van der Waals surface area contributed by atoms with Crippen molar-refractivity contribution >= 4 is 5.91 Å². The lowest BCUT2D eigenvalue weighted by Crippen LogP contribution is -2.25. The quantitative estimate of drug-likeness (QED) is 0.759. The number of aryl methyl sites for hydroxylation is 1. The molecular formula is C16H21N3O3. The number of benzene rings is 1. The highest BCUT2D eigenvalue weighted by Gasteiger charge is 2.10. The van der Waals surface area contributed by atoms with E-state index in [1.807, 2.05) is 17.7 Å². The van der Waals surface area contributed by atoms with Crippen molar-refractivity contribution in [3.63, 3.8) is 0 Å². The van der Waals surface area contributed by atoms with Gasteiger partial charge in [0.15, 0.2) is 11.5 Å². The molecule has 0 aliphatic rings. The summed E-state index contributed by atoms with van der Waals surface area (Å²) < 4.78 is 12.7. The zero-order chi connectivity index (χ0) is 15.8. The number of methoxy groups -OCH3 is 1. The van der Waals surface area contributed by atoms with Crippen LogP contribution in [0.5, 0.6) is 11.5 Å². The van der Waals surface area contributed by atoms with E-state index in [0.717, 1.165) is 13.0 Å². The van der Waals surface area contributed by atoms with E-state index >= 15 is 0 Å². The summed E-state index contributed by atoms with van der Waals surface area (Å²) in [5.41, 5.74) is 0.562. The van der Waals surface area contributed by atoms with Crippen LogP contribution in [-0.4, -0.2) is 35.7 Å². The van der Waals surface area contributed by atoms with E-state index in [0.29, 0.717) is 30.2 Å². The third kappa shape index (κ3) is 4.25. The lowest BCUT2D eigenvalue weighted by atomic mass is 10.2. The number of hydrogen-bond acceptors (Lipinski definition) is 4. The SMILES string of the molecule is CCOc1cc(C(=O)NCCCn2ccnc2)ccc1OC. The summed E-state index contributed by atoms with van der Waals surface area (Å²) in [6.07, 6.45) is 6.25. The van der Waals surface area contributed by atoms with Crippen LogP contribution in [0.3, 0.4) is 0 Å². The van der Waals surface area contributed by atoms with Crippen molar-refractivity contribution in [3.05, 3.63) is 42.5 Å². The molecule has 1 aromatic heterocycles. The molecule has 1 amide bonds. The van der Waals surface area contributed by atoms with Gasteiger partial charge >= 0.3 is 0 Å². The van der Waals surface area contributed by atoms with Crippen LogP contribution in [0.25, 0.3) is 0 Å². The number of carbonyl (C=O) groups is 1. The van der Waals surface area contributed by atoms with Gasteiger partial charge in [0, 0.05) is 31.0 Å². The van der Waals surface area contributed by atoms with Gasteiger partial charge in [0.05, 0.1) is 20.0 Å². The molecule has 2 aromatic rings. The van der Waals surface area contributed by atoms with Gasteiger partial charge in [0.2, 0.25) is 0 Å². The van der Waals surface area contributed by atoms with Gasteiger partial charge in [0.1, 0.15) is 0 Å². The maximum Gasteiger partial charge on any atom is 0.251 e. The Bertz CT molecular complexity index is 597. The van der Waals surface area contributed by atoms with Crippen molar-refractivity contribution < 1.29 is 14.3 Å². The maximum atomic E-state index is 12.1. The Kier molecular flexibility index (Phi) is 5.82. The van der Waals surface area contributed by atoms with Crippen LogP contribution in [0.2, 0.25) is 0 Å². The summed E-state index contributed by atoms with van der Waals surface area (Å²) in [6, 6.07) is 5.17. The van der Waals surface area contributed by atoms with Crippen LogP contribution in [0.15, 0.2) is 36.9 Å². The molecule has 0 saturated heterocycles. The Labute approximate surface area is 130 Å². The Morgan fingerprint density at radius 2 is 2.23 bits per heavy atom. The van der Waals surface area contributed by atoms with Crippen LogP contribution in [-0.2, 0) is 6.54 Å². The van der Waals surface area contributed by atoms with Crippen LogP contribution in [0, 0.1) is 0 Å². The van der Waals surface area contributed by atoms with Gasteiger partial charge in [-0.15, -0.1) is 0 Å². The fourth-order valence-electron chi connectivity index (χ4n) is 2.07. The molecule has 0 unspecified atom stereocenters. The van der Waals surface area contributed by atoms with Crippen molar-refractivity contribution in [2.45, 2.75) is 19.9 Å². The molecule has 0 aliphatic heterocycles. The molecule has 0 radical (unpaired) electrons. The lowest BCUT2D eigenvalue weighted by molar-refractivity contribution is 0.0952. The predicted octanol–water partition coefficient (Wildman–Crippen LogP) is 2.11. The number of carbonyl (C=O) groups excluding carboxylic acids is 1. The summed E-state index contributed by atoms with van der Waals surface area (Å²) in [5.74, 6) is 1.09. The van der Waals surface area contributed by atoms with Gasteiger partial charge in [-0.3, -0.25) is 4.79 Å². The molecule has 118 valence electrons. The third-order valence-electron chi connectivity index (χ3n) is 3.16. The topological polar surface area (TPSA) is 65.4 Å². The van der Waals surface area contributed by atoms with Crippen molar-refractivity contribution in [1.29, 1.82) is 0 Å². The molecule has 0 spiro atoms. The summed E-state index contributed by atoms with van der Waals surface area (Å²) in [5, 5.41) is 2.90. The normalized spacial score (nSPS) is 10.3. The first-order valence-corrected chi connectivity index (χ1v) is 7.29. The Morgan fingerprint density at radius 3 is 2.91 bits per heavy atom. The monoisotopic (exact) mass is 303 g/mol. The third-order valence-corrected chi connectivity index (χ3v) is 3.16. The van der Waals surface area contributed by atoms with Crippen molar-refractivity contribution in [3.8, 4) is 11.5 Å². The number of hydrogen-bond donors (Lipinski definition) is 1. The van der Waals surface area contributed by atoms with Crippen LogP contribution in [0.4, 0.5) is 0 Å². The van der Waals surface area contributed by atoms with Gasteiger partial charge in [-0.05, 0) is 31.5 Å². The summed E-state index contributed by atoms with van der Waals surface area (Å²) in [6.45, 7) is 3.84. The average molecular weight is 303 g/mol. The molecule has 2 rings (SSSR count). The number of aromatic nitrogens is 2. The fourth-order valence-corrected chi connectivity index (χ4v) is 2.07. The second-order valence-corrected chi connectivity index (χ2v) is 4.71. The summed E-state index contributed by atoms with van der Waals surface area (Å²) >= 11 is 0. The van der Waals surface area contributed by atoms with Gasteiger partial charge in [-0.25, -0.2) is 4.98 Å². The number of nitrogens with zero attached hydrogens (tertiary/aromatic N) is 2. The minimum Gasteiger partial charge on any atom is -0.493 e. The van der Waals surface area contributed by atoms with Crippen LogP contribution >= 0.6 is 0 Å². The molecule has 0 aliphatic carbocycles. The Morgan fingerprint density at radius 1 is 1.36 bits per heavy atom. The molecular weight excluding hydrogens is 282 g/mol. The van der Waals surface area contributed by atoms with E-state index in [9.17, 15) is 4.79 Å². The predicted molar refractivity (Wildman–Crippen MR) is 83.3 cm³/mol. The van der Waals surface area contributed by atoms with Gasteiger partial charge in [0.25, 0.3) is 5.91 Å². The highest BCUT2D eigenvalue weighted by atomic mass is 16.5. The van der Waals surface area contributed by atoms with Crippen LogP contribution in [0.1, 0.15) is 23.7 Å². The minimum absolute atomic E-state index is 0.116. The molecule has 0 fully saturated rings. The number of ether oxygens (including phenoxy) is 2. The molecule has 1 heterocycles. The minimum atomic E-state index is -0.116. The Balaban J connectivity index is 1.87. The van der Waals surface area contributed by atoms with Gasteiger partial charge in [-0.2, -0.15) is 0 Å². The largest absolute Gasteiger partial charge is 0.493 e. The smallest absolute Gasteiger partial charge is 0.251 e. The molecule has 0 bridgehead atoms. The zero-order valence-corrected chi connectivity index (χ0v) is 12.9. The molecule has 6 heteroatoms. The van der Waals surface area contributed by atoms with Gasteiger partial charge in [-0.1, -0.05) is 0 Å². The Hall–Kier alpha value is -2.50. The van der Waals surface area contributed by atoms with Crippen molar-refractivity contribution in [2.24, 2.45) is 0 Å². The molecule has 1 aromatic carbocycles. The maximum absolute atomic E-state index is 12.1. The lowest BCUT2D eigenvalue weighted by Gasteiger charge is -2.11. The van der Waals surface area contributed by atoms with E-state index < -0.39 is 0 Å². The number of nitrogens with one attached hydrogen (secondary N) is 1. The van der Waals surface area contributed by atoms with E-state index in [1.165, 1.54) is 0 Å². The first kappa shape index (κ1) is 15.9. The highest BCUT2D eigenvalue weighted by molar-refractivity contribution is 5.94. The van der Waals surface area contributed by atoms with E-state index in [2.05, 4.69) is 10.3 Å². The standard InChI is InChI=1S/C16H21N3O3/c1-3-22-15-11-13(5-6-14(15)21-2)16(20)18-7-4-9-19-10-8-17-12-19/h5-6,8,10-12H,3-4,7,9H2,1-2H3,(H,18,20). The summed E-state index contributed by atoms with van der Waals surface area (Å²) in [4.78, 5) is 16.1. The molecule has 22 heavy (non-hydrogen) atoms. The molecule has 0 saturated carbocycles. The van der Waals surface area contributed by atoms with E-state index in [1.54, 1.807) is 37.8 Å². The van der Waals surface area contributed by atoms with Crippen molar-refractivity contribution in [1.82, 2.24) is 14.9 Å². The number of rotatable bonds is 8. The number of amides is 1. The molecule has 1 N–H and O–H groups in total. The zero-order valence-electron chi connectivity index (χ0n) is 12.9.